The number of hydrogen-bond acceptors (Lipinski definition) is 6. The number of benzene rings is 2. The van der Waals surface area contributed by atoms with E-state index in [0.29, 0.717) is 33.9 Å². The van der Waals surface area contributed by atoms with Gasteiger partial charge in [-0.15, -0.1) is 0 Å². The lowest BCUT2D eigenvalue weighted by atomic mass is 9.85. The van der Waals surface area contributed by atoms with Crippen molar-refractivity contribution in [2.24, 2.45) is 0 Å². The summed E-state index contributed by atoms with van der Waals surface area (Å²) < 4.78 is 0. The summed E-state index contributed by atoms with van der Waals surface area (Å²) >= 11 is 6.07. The number of amides is 1. The fraction of sp³-hybridized carbons (Fsp3) is 0.344. The van der Waals surface area contributed by atoms with Gasteiger partial charge in [-0.3, -0.25) is 9.69 Å². The maximum absolute atomic E-state index is 13.4. The molecule has 3 aromatic rings. The molecule has 0 radical (unpaired) electrons. The first kappa shape index (κ1) is 27.7. The van der Waals surface area contributed by atoms with Gasteiger partial charge in [0.25, 0.3) is 5.91 Å². The molecular weight excluding hydrogens is 520 g/mol. The van der Waals surface area contributed by atoms with Crippen LogP contribution in [-0.2, 0) is 12.0 Å². The molecule has 2 atom stereocenters. The van der Waals surface area contributed by atoms with Gasteiger partial charge in [0, 0.05) is 60.3 Å². The highest BCUT2D eigenvalue weighted by Gasteiger charge is 2.41. The quantitative estimate of drug-likeness (QED) is 0.434. The Balaban J connectivity index is 1.39. The number of anilines is 2. The maximum atomic E-state index is 13.4. The third-order valence-corrected chi connectivity index (χ3v) is 8.28. The normalized spacial score (nSPS) is 18.7. The van der Waals surface area contributed by atoms with E-state index in [1.807, 2.05) is 39.0 Å². The third-order valence-electron chi connectivity index (χ3n) is 7.98. The van der Waals surface area contributed by atoms with Crippen LogP contribution in [-0.4, -0.2) is 52.9 Å². The number of carbonyl (C=O) groups is 1. The number of likely N-dealkylation sites (N-methyl/N-ethyl adjacent to an activating group) is 1. The van der Waals surface area contributed by atoms with Gasteiger partial charge in [-0.1, -0.05) is 35.6 Å². The van der Waals surface area contributed by atoms with Crippen LogP contribution in [0.15, 0.2) is 48.7 Å². The Morgan fingerprint density at radius 1 is 1.18 bits per heavy atom. The van der Waals surface area contributed by atoms with E-state index < -0.39 is 5.41 Å². The smallest absolute Gasteiger partial charge is 0.255 e. The zero-order chi connectivity index (χ0) is 28.6. The summed E-state index contributed by atoms with van der Waals surface area (Å²) in [5.74, 6) is 6.19. The number of aryl methyl sites for hydroxylation is 1. The second-order valence-corrected chi connectivity index (χ2v) is 11.8. The minimum absolute atomic E-state index is 0.236. The molecular formula is C32H33ClN6O. The van der Waals surface area contributed by atoms with Crippen LogP contribution in [0.5, 0.6) is 0 Å². The molecule has 8 heteroatoms. The van der Waals surface area contributed by atoms with Crippen molar-refractivity contribution < 1.29 is 4.79 Å². The van der Waals surface area contributed by atoms with Crippen LogP contribution < -0.4 is 11.1 Å². The topological polar surface area (TPSA) is 98.3 Å². The molecule has 2 fully saturated rings. The van der Waals surface area contributed by atoms with Gasteiger partial charge in [0.05, 0.1) is 16.5 Å². The van der Waals surface area contributed by atoms with Crippen LogP contribution in [0.3, 0.4) is 0 Å². The molecule has 0 aliphatic carbocycles. The number of aromatic nitrogens is 1. The SMILES string of the molecule is Cc1ccc(C(=O)Nc2cc(CN3C[C@H]4C[C@@H]3CN4C)cc(C(C)(C)C#N)c2)cc1C#Cc1cnc(N)c(Cl)c1. The van der Waals surface area contributed by atoms with Gasteiger partial charge in [0.2, 0.25) is 0 Å². The van der Waals surface area contributed by atoms with Crippen LogP contribution >= 0.6 is 11.6 Å². The average Bonchev–Trinajstić information content (AvgIpc) is 3.49. The highest BCUT2D eigenvalue weighted by molar-refractivity contribution is 6.32. The van der Waals surface area contributed by atoms with Gasteiger partial charge in [-0.05, 0) is 81.3 Å². The lowest BCUT2D eigenvalue weighted by molar-refractivity contribution is 0.102. The number of hydrogen-bond donors (Lipinski definition) is 2. The number of halogens is 1. The number of fused-ring (bicyclic) bond motifs is 2. The van der Waals surface area contributed by atoms with Crippen molar-refractivity contribution in [2.75, 3.05) is 31.2 Å². The summed E-state index contributed by atoms with van der Waals surface area (Å²) in [6.07, 6.45) is 2.77. The van der Waals surface area contributed by atoms with E-state index in [1.165, 1.54) is 6.42 Å². The number of likely N-dealkylation sites (tertiary alicyclic amines) is 2. The number of piperazine rings is 1. The molecule has 1 amide bonds. The Kier molecular flexibility index (Phi) is 7.57. The minimum atomic E-state index is -0.688. The van der Waals surface area contributed by atoms with Crippen LogP contribution in [0.2, 0.25) is 5.02 Å². The average molecular weight is 553 g/mol. The Morgan fingerprint density at radius 3 is 2.65 bits per heavy atom. The molecule has 3 N–H and O–H groups in total. The van der Waals surface area contributed by atoms with Gasteiger partial charge in [0.15, 0.2) is 0 Å². The van der Waals surface area contributed by atoms with E-state index in [-0.39, 0.29) is 11.7 Å². The third kappa shape index (κ3) is 5.83. The fourth-order valence-electron chi connectivity index (χ4n) is 5.41. The molecule has 2 aliphatic rings. The van der Waals surface area contributed by atoms with Gasteiger partial charge in [-0.25, -0.2) is 4.98 Å². The monoisotopic (exact) mass is 552 g/mol. The maximum Gasteiger partial charge on any atom is 0.255 e. The first-order valence-corrected chi connectivity index (χ1v) is 13.8. The molecule has 0 spiro atoms. The molecule has 5 rings (SSSR count). The van der Waals surface area contributed by atoms with Crippen molar-refractivity contribution >= 4 is 29.0 Å². The molecule has 2 bridgehead atoms. The highest BCUT2D eigenvalue weighted by atomic mass is 35.5. The molecule has 7 nitrogen and oxygen atoms in total. The van der Waals surface area contributed by atoms with E-state index in [9.17, 15) is 10.1 Å². The number of nitrogen functional groups attached to an aromatic ring is 1. The first-order valence-electron chi connectivity index (χ1n) is 13.4. The van der Waals surface area contributed by atoms with Crippen molar-refractivity contribution in [3.05, 3.63) is 87.1 Å². The van der Waals surface area contributed by atoms with E-state index in [4.69, 9.17) is 17.3 Å². The number of carbonyl (C=O) groups excluding carboxylic acids is 1. The van der Waals surface area contributed by atoms with E-state index in [1.54, 1.807) is 24.4 Å². The molecule has 204 valence electrons. The second kappa shape index (κ2) is 10.9. The Labute approximate surface area is 240 Å². The Morgan fingerprint density at radius 2 is 1.98 bits per heavy atom. The van der Waals surface area contributed by atoms with Gasteiger partial charge in [-0.2, -0.15) is 5.26 Å². The lowest BCUT2D eigenvalue weighted by Crippen LogP contribution is -2.43. The molecule has 2 saturated heterocycles. The van der Waals surface area contributed by atoms with Crippen molar-refractivity contribution in [3.8, 4) is 17.9 Å². The predicted octanol–water partition coefficient (Wildman–Crippen LogP) is 4.97. The summed E-state index contributed by atoms with van der Waals surface area (Å²) in [5.41, 5.74) is 10.5. The van der Waals surface area contributed by atoms with Crippen LogP contribution in [0.4, 0.5) is 11.5 Å². The molecule has 40 heavy (non-hydrogen) atoms. The molecule has 2 aliphatic heterocycles. The largest absolute Gasteiger partial charge is 0.382 e. The number of nitriles is 1. The van der Waals surface area contributed by atoms with E-state index in [2.05, 4.69) is 51.1 Å². The summed E-state index contributed by atoms with van der Waals surface area (Å²) in [6.45, 7) is 8.67. The number of nitrogens with zero attached hydrogens (tertiary/aromatic N) is 4. The van der Waals surface area contributed by atoms with Crippen LogP contribution in [0, 0.1) is 30.1 Å². The van der Waals surface area contributed by atoms with Crippen molar-refractivity contribution in [2.45, 2.75) is 51.2 Å². The Bertz CT molecular complexity index is 1580. The van der Waals surface area contributed by atoms with E-state index >= 15 is 0 Å². The van der Waals surface area contributed by atoms with Gasteiger partial charge < -0.3 is 16.0 Å². The Hall–Kier alpha value is -3.88. The lowest BCUT2D eigenvalue weighted by Gasteiger charge is -2.32. The van der Waals surface area contributed by atoms with Crippen molar-refractivity contribution in [3.63, 3.8) is 0 Å². The molecule has 3 heterocycles. The molecule has 2 aromatic carbocycles. The molecule has 0 unspecified atom stereocenters. The zero-order valence-electron chi connectivity index (χ0n) is 23.3. The van der Waals surface area contributed by atoms with Crippen LogP contribution in [0.25, 0.3) is 0 Å². The van der Waals surface area contributed by atoms with Crippen molar-refractivity contribution in [1.82, 2.24) is 14.8 Å². The standard InChI is InChI=1S/C32H33ClN6O/c1-20-5-7-24(12-23(20)8-6-21-11-29(33)30(35)36-15-21)31(40)37-26-10-22(9-25(13-26)32(2,3)19-34)16-39-18-27-14-28(39)17-38(27)4/h5,7,9-13,15,27-28H,14,16-18H2,1-4H3,(H2,35,36)(H,37,40)/t27-,28-/m1/s1. The number of nitrogens with two attached hydrogens (primary N) is 1. The summed E-state index contributed by atoms with van der Waals surface area (Å²) in [6, 6.07) is 16.7. The number of nitrogens with one attached hydrogen (secondary N) is 1. The zero-order valence-corrected chi connectivity index (χ0v) is 24.0. The first-order chi connectivity index (χ1) is 19.0. The predicted molar refractivity (Wildman–Crippen MR) is 159 cm³/mol. The molecule has 1 aromatic heterocycles. The van der Waals surface area contributed by atoms with Gasteiger partial charge in [0.1, 0.15) is 5.82 Å². The second-order valence-electron chi connectivity index (χ2n) is 11.4. The minimum Gasteiger partial charge on any atom is -0.382 e. The van der Waals surface area contributed by atoms with Crippen molar-refractivity contribution in [1.29, 1.82) is 5.26 Å². The molecule has 0 saturated carbocycles. The summed E-state index contributed by atoms with van der Waals surface area (Å²) in [4.78, 5) is 22.4. The van der Waals surface area contributed by atoms with Gasteiger partial charge >= 0.3 is 0 Å². The van der Waals surface area contributed by atoms with E-state index in [0.717, 1.165) is 41.9 Å². The number of rotatable bonds is 5. The number of pyridine rings is 1. The summed E-state index contributed by atoms with van der Waals surface area (Å²) in [5, 5.41) is 13.2. The highest BCUT2D eigenvalue weighted by Crippen LogP contribution is 2.33. The summed E-state index contributed by atoms with van der Waals surface area (Å²) in [7, 11) is 2.19. The fourth-order valence-corrected chi connectivity index (χ4v) is 5.58. The van der Waals surface area contributed by atoms with Crippen LogP contribution in [0.1, 0.15) is 58.4 Å².